The van der Waals surface area contributed by atoms with Crippen LogP contribution in [0.15, 0.2) is 36.8 Å². The normalized spacial score (nSPS) is 15.2. The summed E-state index contributed by atoms with van der Waals surface area (Å²) in [5.41, 5.74) is 2.38. The van der Waals surface area contributed by atoms with Gasteiger partial charge >= 0.3 is 0 Å². The lowest BCUT2D eigenvalue weighted by Gasteiger charge is -2.27. The minimum Gasteiger partial charge on any atom is -0.330 e. The number of hydrogen-bond donors (Lipinski definition) is 1. The van der Waals surface area contributed by atoms with Crippen molar-refractivity contribution in [3.63, 3.8) is 0 Å². The lowest BCUT2D eigenvalue weighted by Crippen LogP contribution is -2.40. The third-order valence-corrected chi connectivity index (χ3v) is 3.44. The highest BCUT2D eigenvalue weighted by Crippen LogP contribution is 2.20. The Morgan fingerprint density at radius 2 is 2.11 bits per heavy atom. The van der Waals surface area contributed by atoms with Gasteiger partial charge in [-0.1, -0.05) is 12.1 Å². The van der Waals surface area contributed by atoms with Crippen LogP contribution in [0.3, 0.4) is 0 Å². The summed E-state index contributed by atoms with van der Waals surface area (Å²) in [6.07, 6.45) is 3.71. The quantitative estimate of drug-likeness (QED) is 0.666. The Bertz CT molecular complexity index is 587. The van der Waals surface area contributed by atoms with Crippen molar-refractivity contribution < 1.29 is 4.92 Å². The number of rotatable bonds is 4. The van der Waals surface area contributed by atoms with E-state index in [9.17, 15) is 10.1 Å². The van der Waals surface area contributed by atoms with E-state index in [0.717, 1.165) is 18.7 Å². The van der Waals surface area contributed by atoms with Gasteiger partial charge in [-0.15, -0.1) is 0 Å². The number of non-ortho nitro benzene ring substituents is 1. The maximum absolute atomic E-state index is 10.6. The predicted molar refractivity (Wildman–Crippen MR) is 70.0 cm³/mol. The Hall–Kier alpha value is -2.21. The van der Waals surface area contributed by atoms with Crippen molar-refractivity contribution in [2.24, 2.45) is 0 Å². The summed E-state index contributed by atoms with van der Waals surface area (Å²) in [7, 11) is 0. The van der Waals surface area contributed by atoms with Crippen molar-refractivity contribution >= 4 is 5.69 Å². The van der Waals surface area contributed by atoms with Crippen LogP contribution in [-0.4, -0.2) is 27.6 Å². The molecule has 1 aromatic carbocycles. The highest BCUT2D eigenvalue weighted by atomic mass is 16.6. The fourth-order valence-corrected chi connectivity index (χ4v) is 2.22. The Kier molecular flexibility index (Phi) is 3.00. The van der Waals surface area contributed by atoms with Gasteiger partial charge < -0.3 is 9.88 Å². The van der Waals surface area contributed by atoms with Crippen molar-refractivity contribution in [2.45, 2.75) is 12.5 Å². The van der Waals surface area contributed by atoms with E-state index in [1.165, 1.54) is 17.8 Å². The number of nitro benzene ring substituents is 1. The Balaban J connectivity index is 1.77. The van der Waals surface area contributed by atoms with E-state index in [-0.39, 0.29) is 10.6 Å². The molecule has 1 saturated heterocycles. The number of benzene rings is 1. The molecule has 0 radical (unpaired) electrons. The molecule has 19 heavy (non-hydrogen) atoms. The number of nitro groups is 1. The molecule has 1 fully saturated rings. The maximum Gasteiger partial charge on any atom is 0.269 e. The second-order valence-corrected chi connectivity index (χ2v) is 4.73. The van der Waals surface area contributed by atoms with Crippen LogP contribution < -0.4 is 5.32 Å². The van der Waals surface area contributed by atoms with E-state index in [0.29, 0.717) is 12.5 Å². The Morgan fingerprint density at radius 3 is 2.68 bits per heavy atom. The molecule has 0 amide bonds. The van der Waals surface area contributed by atoms with Gasteiger partial charge in [0.25, 0.3) is 5.69 Å². The molecule has 3 rings (SSSR count). The van der Waals surface area contributed by atoms with E-state index in [1.54, 1.807) is 12.1 Å². The van der Waals surface area contributed by atoms with Crippen molar-refractivity contribution in [2.75, 3.05) is 13.1 Å². The van der Waals surface area contributed by atoms with Gasteiger partial charge in [-0.2, -0.15) is 0 Å². The smallest absolute Gasteiger partial charge is 0.269 e. The molecular formula is C13H14N4O2. The molecule has 98 valence electrons. The third kappa shape index (κ3) is 2.34. The van der Waals surface area contributed by atoms with Crippen LogP contribution in [0.2, 0.25) is 0 Å². The largest absolute Gasteiger partial charge is 0.330 e. The van der Waals surface area contributed by atoms with Crippen LogP contribution in [0, 0.1) is 10.1 Å². The maximum atomic E-state index is 10.6. The zero-order chi connectivity index (χ0) is 13.2. The number of nitrogens with one attached hydrogen (secondary N) is 1. The molecule has 1 N–H and O–H groups in total. The molecule has 0 spiro atoms. The predicted octanol–water partition coefficient (Wildman–Crippen LogP) is 1.53. The number of nitrogens with zero attached hydrogens (tertiary/aromatic N) is 3. The molecule has 0 saturated carbocycles. The van der Waals surface area contributed by atoms with Crippen molar-refractivity contribution in [1.82, 2.24) is 14.9 Å². The Morgan fingerprint density at radius 1 is 1.37 bits per heavy atom. The van der Waals surface area contributed by atoms with Crippen molar-refractivity contribution in [3.8, 4) is 0 Å². The molecule has 2 heterocycles. The average Bonchev–Trinajstić information content (AvgIpc) is 2.76. The van der Waals surface area contributed by atoms with E-state index in [2.05, 4.69) is 14.9 Å². The Labute approximate surface area is 110 Å². The van der Waals surface area contributed by atoms with Crippen molar-refractivity contribution in [1.29, 1.82) is 0 Å². The fraction of sp³-hybridized carbons (Fsp3) is 0.308. The summed E-state index contributed by atoms with van der Waals surface area (Å²) >= 11 is 0. The van der Waals surface area contributed by atoms with Crippen LogP contribution >= 0.6 is 0 Å². The third-order valence-electron chi connectivity index (χ3n) is 3.44. The molecule has 0 aliphatic carbocycles. The molecule has 6 nitrogen and oxygen atoms in total. The molecule has 1 aliphatic heterocycles. The fourth-order valence-electron chi connectivity index (χ4n) is 2.22. The zero-order valence-corrected chi connectivity index (χ0v) is 10.3. The standard InChI is InChI=1S/C13H14N4O2/c18-17(19)12-3-1-10(2-4-12)8-16-9-15-7-13(16)11-5-14-6-11/h1-4,7,9,11,14H,5-6,8H2. The first-order valence-corrected chi connectivity index (χ1v) is 6.18. The summed E-state index contributed by atoms with van der Waals surface area (Å²) in [4.78, 5) is 14.4. The molecule has 0 atom stereocenters. The summed E-state index contributed by atoms with van der Waals surface area (Å²) < 4.78 is 2.10. The lowest BCUT2D eigenvalue weighted by molar-refractivity contribution is -0.384. The van der Waals surface area contributed by atoms with Crippen LogP contribution in [0.25, 0.3) is 0 Å². The molecule has 6 heteroatoms. The van der Waals surface area contributed by atoms with Gasteiger partial charge in [0.2, 0.25) is 0 Å². The van der Waals surface area contributed by atoms with Crippen molar-refractivity contribution in [3.05, 3.63) is 58.2 Å². The lowest BCUT2D eigenvalue weighted by atomic mass is 10.00. The van der Waals surface area contributed by atoms with Gasteiger partial charge in [0, 0.05) is 49.6 Å². The van der Waals surface area contributed by atoms with Gasteiger partial charge in [0.15, 0.2) is 0 Å². The first kappa shape index (κ1) is 11.9. The van der Waals surface area contributed by atoms with E-state index < -0.39 is 0 Å². The summed E-state index contributed by atoms with van der Waals surface area (Å²) in [6.45, 7) is 2.68. The summed E-state index contributed by atoms with van der Waals surface area (Å²) in [5.74, 6) is 0.528. The summed E-state index contributed by atoms with van der Waals surface area (Å²) in [5, 5.41) is 13.8. The van der Waals surface area contributed by atoms with Gasteiger partial charge in [0.05, 0.1) is 11.3 Å². The summed E-state index contributed by atoms with van der Waals surface area (Å²) in [6, 6.07) is 6.66. The second-order valence-electron chi connectivity index (χ2n) is 4.73. The van der Waals surface area contributed by atoms with Gasteiger partial charge in [-0.05, 0) is 5.56 Å². The molecule has 0 bridgehead atoms. The van der Waals surface area contributed by atoms with E-state index in [1.807, 2.05) is 12.5 Å². The number of aromatic nitrogens is 2. The minimum atomic E-state index is -0.382. The highest BCUT2D eigenvalue weighted by Gasteiger charge is 2.22. The van der Waals surface area contributed by atoms with Gasteiger partial charge in [-0.25, -0.2) is 4.98 Å². The van der Waals surface area contributed by atoms with E-state index in [4.69, 9.17) is 0 Å². The highest BCUT2D eigenvalue weighted by molar-refractivity contribution is 5.33. The van der Waals surface area contributed by atoms with Crippen LogP contribution in [0.4, 0.5) is 5.69 Å². The van der Waals surface area contributed by atoms with Crippen LogP contribution in [0.1, 0.15) is 17.2 Å². The molecule has 2 aromatic rings. The average molecular weight is 258 g/mol. The van der Waals surface area contributed by atoms with Gasteiger partial charge in [-0.3, -0.25) is 10.1 Å². The molecule has 1 aromatic heterocycles. The SMILES string of the molecule is O=[N+]([O-])c1ccc(Cn2cncc2C2CNC2)cc1. The van der Waals surface area contributed by atoms with Crippen LogP contribution in [0.5, 0.6) is 0 Å². The molecular weight excluding hydrogens is 244 g/mol. The van der Waals surface area contributed by atoms with Crippen LogP contribution in [-0.2, 0) is 6.54 Å². The first-order valence-electron chi connectivity index (χ1n) is 6.18. The minimum absolute atomic E-state index is 0.123. The monoisotopic (exact) mass is 258 g/mol. The molecule has 1 aliphatic rings. The number of hydrogen-bond acceptors (Lipinski definition) is 4. The van der Waals surface area contributed by atoms with E-state index >= 15 is 0 Å². The zero-order valence-electron chi connectivity index (χ0n) is 10.3. The topological polar surface area (TPSA) is 73.0 Å². The van der Waals surface area contributed by atoms with Gasteiger partial charge in [0.1, 0.15) is 0 Å². The first-order chi connectivity index (χ1) is 9.24. The molecule has 0 unspecified atom stereocenters. The number of imidazole rings is 1. The second kappa shape index (κ2) is 4.81.